The number of nitrogens with one attached hydrogen (secondary N) is 2. The Balaban J connectivity index is 1.91. The van der Waals surface area contributed by atoms with E-state index in [-0.39, 0.29) is 6.42 Å². The lowest BCUT2D eigenvalue weighted by Crippen LogP contribution is -2.24. The number of ether oxygens (including phenoxy) is 2. The highest BCUT2D eigenvalue weighted by Crippen LogP contribution is 2.29. The molecular formula is C19H20ClN3O4. The van der Waals surface area contributed by atoms with Gasteiger partial charge in [0, 0.05) is 16.3 Å². The molecule has 8 heteroatoms. The minimum absolute atomic E-state index is 0.365. The van der Waals surface area contributed by atoms with Gasteiger partial charge in [0.1, 0.15) is 6.42 Å². The molecule has 2 aromatic rings. The standard InChI is InChI=1S/C19H20ClN3O4/c1-3-27-19-13(5-4-6-16(19)26-2)12-21-23-18(25)11-17(24)22-15-9-7-14(20)8-10-15/h4-10,12H,3,11H2,1-2H3,(H,22,24)(H,23,25). The molecule has 2 amide bonds. The minimum atomic E-state index is -0.543. The van der Waals surface area contributed by atoms with Crippen LogP contribution >= 0.6 is 11.6 Å². The summed E-state index contributed by atoms with van der Waals surface area (Å²) < 4.78 is 10.8. The number of methoxy groups -OCH3 is 1. The lowest BCUT2D eigenvalue weighted by atomic mass is 10.2. The monoisotopic (exact) mass is 389 g/mol. The molecule has 0 heterocycles. The van der Waals surface area contributed by atoms with Gasteiger partial charge in [0.05, 0.1) is 19.9 Å². The van der Waals surface area contributed by atoms with Crippen LogP contribution in [0.25, 0.3) is 0 Å². The highest BCUT2D eigenvalue weighted by molar-refractivity contribution is 6.30. The molecule has 2 N–H and O–H groups in total. The third-order valence-electron chi connectivity index (χ3n) is 3.36. The minimum Gasteiger partial charge on any atom is -0.493 e. The zero-order valence-corrected chi connectivity index (χ0v) is 15.7. The average molecular weight is 390 g/mol. The molecule has 0 atom stereocenters. The first kappa shape index (κ1) is 20.3. The molecule has 0 bridgehead atoms. The van der Waals surface area contributed by atoms with Crippen molar-refractivity contribution in [3.63, 3.8) is 0 Å². The van der Waals surface area contributed by atoms with Crippen LogP contribution in [0.15, 0.2) is 47.6 Å². The first-order chi connectivity index (χ1) is 13.0. The van der Waals surface area contributed by atoms with Crippen LogP contribution in [0.1, 0.15) is 18.9 Å². The lowest BCUT2D eigenvalue weighted by molar-refractivity contribution is -0.126. The van der Waals surface area contributed by atoms with Gasteiger partial charge in [0.15, 0.2) is 11.5 Å². The highest BCUT2D eigenvalue weighted by atomic mass is 35.5. The van der Waals surface area contributed by atoms with Gasteiger partial charge < -0.3 is 14.8 Å². The Morgan fingerprint density at radius 1 is 1.15 bits per heavy atom. The Labute approximate surface area is 162 Å². The van der Waals surface area contributed by atoms with Crippen LogP contribution < -0.4 is 20.2 Å². The number of benzene rings is 2. The Morgan fingerprint density at radius 3 is 2.56 bits per heavy atom. The lowest BCUT2D eigenvalue weighted by Gasteiger charge is -2.11. The molecule has 0 fully saturated rings. The summed E-state index contributed by atoms with van der Waals surface area (Å²) in [7, 11) is 1.54. The molecule has 0 spiro atoms. The Bertz CT molecular complexity index is 822. The number of carbonyl (C=O) groups excluding carboxylic acids is 2. The fourth-order valence-corrected chi connectivity index (χ4v) is 2.32. The van der Waals surface area contributed by atoms with Crippen molar-refractivity contribution in [2.24, 2.45) is 5.10 Å². The number of halogens is 1. The van der Waals surface area contributed by atoms with Gasteiger partial charge in [-0.2, -0.15) is 5.10 Å². The molecule has 0 radical (unpaired) electrons. The van der Waals surface area contributed by atoms with Gasteiger partial charge in [-0.05, 0) is 43.3 Å². The van der Waals surface area contributed by atoms with Crippen LogP contribution in [-0.2, 0) is 9.59 Å². The number of hydrazone groups is 1. The van der Waals surface area contributed by atoms with Gasteiger partial charge in [-0.1, -0.05) is 17.7 Å². The SMILES string of the molecule is CCOc1c(C=NNC(=O)CC(=O)Nc2ccc(Cl)cc2)cccc1OC. The molecule has 0 aliphatic rings. The zero-order chi connectivity index (χ0) is 19.6. The summed E-state index contributed by atoms with van der Waals surface area (Å²) in [6.45, 7) is 2.31. The number of carbonyl (C=O) groups is 2. The molecule has 0 unspecified atom stereocenters. The molecule has 7 nitrogen and oxygen atoms in total. The van der Waals surface area contributed by atoms with E-state index in [1.54, 1.807) is 49.6 Å². The molecule has 0 aromatic heterocycles. The van der Waals surface area contributed by atoms with Crippen LogP contribution in [-0.4, -0.2) is 31.7 Å². The molecule has 2 aromatic carbocycles. The second-order valence-corrected chi connectivity index (χ2v) is 5.77. The van der Waals surface area contributed by atoms with Crippen LogP contribution in [0.2, 0.25) is 5.02 Å². The molecule has 142 valence electrons. The maximum atomic E-state index is 11.9. The number of nitrogens with zero attached hydrogens (tertiary/aromatic N) is 1. The van der Waals surface area contributed by atoms with E-state index in [0.717, 1.165) is 0 Å². The van der Waals surface area contributed by atoms with E-state index in [1.165, 1.54) is 6.21 Å². The Kier molecular flexibility index (Phi) is 7.63. The van der Waals surface area contributed by atoms with Crippen molar-refractivity contribution in [1.82, 2.24) is 5.43 Å². The molecule has 27 heavy (non-hydrogen) atoms. The fourth-order valence-electron chi connectivity index (χ4n) is 2.19. The first-order valence-corrected chi connectivity index (χ1v) is 8.58. The number of para-hydroxylation sites is 1. The average Bonchev–Trinajstić information content (AvgIpc) is 2.65. The Hall–Kier alpha value is -3.06. The van der Waals surface area contributed by atoms with Crippen LogP contribution in [0.3, 0.4) is 0 Å². The molecular weight excluding hydrogens is 370 g/mol. The predicted octanol–water partition coefficient (Wildman–Crippen LogP) is 3.23. The van der Waals surface area contributed by atoms with E-state index in [1.807, 2.05) is 6.92 Å². The highest BCUT2D eigenvalue weighted by Gasteiger charge is 2.10. The maximum absolute atomic E-state index is 11.9. The summed E-state index contributed by atoms with van der Waals surface area (Å²) in [4.78, 5) is 23.7. The summed E-state index contributed by atoms with van der Waals surface area (Å²) in [6.07, 6.45) is 1.07. The predicted molar refractivity (Wildman–Crippen MR) is 105 cm³/mol. The summed E-state index contributed by atoms with van der Waals surface area (Å²) >= 11 is 5.78. The molecule has 2 rings (SSSR count). The molecule has 0 aliphatic heterocycles. The number of rotatable bonds is 8. The second-order valence-electron chi connectivity index (χ2n) is 5.34. The van der Waals surface area contributed by atoms with Crippen molar-refractivity contribution in [2.75, 3.05) is 19.0 Å². The van der Waals surface area contributed by atoms with Crippen LogP contribution in [0.5, 0.6) is 11.5 Å². The normalized spacial score (nSPS) is 10.5. The zero-order valence-electron chi connectivity index (χ0n) is 15.0. The van der Waals surface area contributed by atoms with E-state index in [9.17, 15) is 9.59 Å². The third-order valence-corrected chi connectivity index (χ3v) is 3.61. The van der Waals surface area contributed by atoms with Gasteiger partial charge >= 0.3 is 0 Å². The number of hydrogen-bond acceptors (Lipinski definition) is 5. The summed E-state index contributed by atoms with van der Waals surface area (Å²) in [5.74, 6) is 0.0930. The topological polar surface area (TPSA) is 89.0 Å². The number of amides is 2. The largest absolute Gasteiger partial charge is 0.493 e. The maximum Gasteiger partial charge on any atom is 0.249 e. The summed E-state index contributed by atoms with van der Waals surface area (Å²) in [5, 5.41) is 7.04. The van der Waals surface area contributed by atoms with E-state index < -0.39 is 11.8 Å². The van der Waals surface area contributed by atoms with Crippen LogP contribution in [0, 0.1) is 0 Å². The smallest absolute Gasteiger partial charge is 0.249 e. The van der Waals surface area contributed by atoms with Gasteiger partial charge in [0.2, 0.25) is 11.8 Å². The fraction of sp³-hybridized carbons (Fsp3) is 0.211. The van der Waals surface area contributed by atoms with Crippen molar-refractivity contribution >= 4 is 35.3 Å². The van der Waals surface area contributed by atoms with Gasteiger partial charge in [-0.25, -0.2) is 5.43 Å². The van der Waals surface area contributed by atoms with E-state index in [4.69, 9.17) is 21.1 Å². The molecule has 0 aliphatic carbocycles. The van der Waals surface area contributed by atoms with Gasteiger partial charge in [-0.15, -0.1) is 0 Å². The summed E-state index contributed by atoms with van der Waals surface area (Å²) in [5.41, 5.74) is 3.51. The first-order valence-electron chi connectivity index (χ1n) is 8.20. The number of anilines is 1. The van der Waals surface area contributed by atoms with Gasteiger partial charge in [0.25, 0.3) is 0 Å². The van der Waals surface area contributed by atoms with E-state index >= 15 is 0 Å². The van der Waals surface area contributed by atoms with E-state index in [0.29, 0.717) is 34.4 Å². The second kappa shape index (κ2) is 10.2. The quantitative estimate of drug-likeness (QED) is 0.412. The molecule has 0 saturated carbocycles. The number of hydrogen-bond donors (Lipinski definition) is 2. The third kappa shape index (κ3) is 6.31. The van der Waals surface area contributed by atoms with Gasteiger partial charge in [-0.3, -0.25) is 9.59 Å². The van der Waals surface area contributed by atoms with Crippen molar-refractivity contribution in [3.05, 3.63) is 53.1 Å². The van der Waals surface area contributed by atoms with Crippen molar-refractivity contribution in [3.8, 4) is 11.5 Å². The van der Waals surface area contributed by atoms with Crippen molar-refractivity contribution in [1.29, 1.82) is 0 Å². The molecule has 0 saturated heterocycles. The van der Waals surface area contributed by atoms with Crippen molar-refractivity contribution in [2.45, 2.75) is 13.3 Å². The van der Waals surface area contributed by atoms with E-state index in [2.05, 4.69) is 15.8 Å². The van der Waals surface area contributed by atoms with Crippen LogP contribution in [0.4, 0.5) is 5.69 Å². The van der Waals surface area contributed by atoms with Crippen molar-refractivity contribution < 1.29 is 19.1 Å². The Morgan fingerprint density at radius 2 is 1.89 bits per heavy atom. The summed E-state index contributed by atoms with van der Waals surface area (Å²) in [6, 6.07) is 11.9.